The van der Waals surface area contributed by atoms with E-state index in [0.29, 0.717) is 6.42 Å². The molecule has 1 atom stereocenters. The smallest absolute Gasteiger partial charge is 0.325 e. The number of ether oxygens (including phenoxy) is 1. The first-order valence-corrected chi connectivity index (χ1v) is 5.93. The number of nitrogens with two attached hydrogens (primary N) is 1. The number of amides is 1. The van der Waals surface area contributed by atoms with E-state index in [1.54, 1.807) is 6.92 Å². The summed E-state index contributed by atoms with van der Waals surface area (Å²) < 4.78 is 4.58. The van der Waals surface area contributed by atoms with Gasteiger partial charge in [0.2, 0.25) is 5.91 Å². The first-order chi connectivity index (χ1) is 7.76. The summed E-state index contributed by atoms with van der Waals surface area (Å²) in [5.74, 6) is -0.640. The van der Waals surface area contributed by atoms with Gasteiger partial charge in [0.15, 0.2) is 0 Å². The van der Waals surface area contributed by atoms with Crippen molar-refractivity contribution >= 4 is 11.9 Å². The molecule has 0 aliphatic carbocycles. The molecule has 0 radical (unpaired) electrons. The van der Waals surface area contributed by atoms with E-state index in [9.17, 15) is 9.59 Å². The number of hydrogen-bond acceptors (Lipinski definition) is 4. The second-order valence-corrected chi connectivity index (χ2v) is 4.77. The lowest BCUT2D eigenvalue weighted by molar-refractivity contribution is -0.150. The Kier molecular flexibility index (Phi) is 6.16. The molecule has 0 aromatic rings. The van der Waals surface area contributed by atoms with Gasteiger partial charge in [0, 0.05) is 6.04 Å². The number of carbonyl (C=O) groups excluding carboxylic acids is 2. The SMILES string of the molecule is CCCC(C)(N)C(=O)N(CC(=O)OC)C(C)C. The average molecular weight is 244 g/mol. The normalized spacial score (nSPS) is 14.3. The summed E-state index contributed by atoms with van der Waals surface area (Å²) in [6.45, 7) is 7.32. The molecule has 17 heavy (non-hydrogen) atoms. The summed E-state index contributed by atoms with van der Waals surface area (Å²) >= 11 is 0. The van der Waals surface area contributed by atoms with Gasteiger partial charge in [0.25, 0.3) is 0 Å². The fourth-order valence-electron chi connectivity index (χ4n) is 1.65. The molecular formula is C12H24N2O3. The van der Waals surface area contributed by atoms with Crippen LogP contribution < -0.4 is 5.73 Å². The molecule has 5 heteroatoms. The standard InChI is InChI=1S/C12H24N2O3/c1-6-7-12(4,13)11(16)14(9(2)3)8-10(15)17-5/h9H,6-8,13H2,1-5H3. The van der Waals surface area contributed by atoms with Crippen molar-refractivity contribution in [3.63, 3.8) is 0 Å². The van der Waals surface area contributed by atoms with Crippen LogP contribution in [0.5, 0.6) is 0 Å². The maximum absolute atomic E-state index is 12.2. The van der Waals surface area contributed by atoms with Crippen LogP contribution in [0.15, 0.2) is 0 Å². The van der Waals surface area contributed by atoms with E-state index in [1.165, 1.54) is 12.0 Å². The average Bonchev–Trinajstić information content (AvgIpc) is 2.23. The Bertz CT molecular complexity index is 275. The Hall–Kier alpha value is -1.10. The van der Waals surface area contributed by atoms with E-state index in [0.717, 1.165) is 6.42 Å². The predicted molar refractivity (Wildman–Crippen MR) is 66.4 cm³/mol. The number of carbonyl (C=O) groups is 2. The number of hydrogen-bond donors (Lipinski definition) is 1. The van der Waals surface area contributed by atoms with Crippen LogP contribution in [-0.4, -0.2) is 42.0 Å². The minimum atomic E-state index is -0.924. The third-order valence-corrected chi connectivity index (χ3v) is 2.67. The Balaban J connectivity index is 4.82. The van der Waals surface area contributed by atoms with Crippen LogP contribution in [0.25, 0.3) is 0 Å². The van der Waals surface area contributed by atoms with Crippen LogP contribution >= 0.6 is 0 Å². The molecule has 0 bridgehead atoms. The molecule has 0 rings (SSSR count). The lowest BCUT2D eigenvalue weighted by Crippen LogP contribution is -2.56. The molecule has 0 fully saturated rings. The first kappa shape index (κ1) is 15.9. The minimum Gasteiger partial charge on any atom is -0.468 e. The molecule has 0 aromatic heterocycles. The maximum Gasteiger partial charge on any atom is 0.325 e. The Labute approximate surface area is 103 Å². The summed E-state index contributed by atoms with van der Waals surface area (Å²) in [5, 5.41) is 0. The molecule has 100 valence electrons. The third-order valence-electron chi connectivity index (χ3n) is 2.67. The summed E-state index contributed by atoms with van der Waals surface area (Å²) in [6.07, 6.45) is 1.42. The molecular weight excluding hydrogens is 220 g/mol. The first-order valence-electron chi connectivity index (χ1n) is 5.93. The van der Waals surface area contributed by atoms with E-state index in [4.69, 9.17) is 5.73 Å². The molecule has 1 amide bonds. The Morgan fingerprint density at radius 3 is 2.29 bits per heavy atom. The number of methoxy groups -OCH3 is 1. The highest BCUT2D eigenvalue weighted by Crippen LogP contribution is 2.14. The van der Waals surface area contributed by atoms with Crippen LogP contribution in [0.3, 0.4) is 0 Å². The fourth-order valence-corrected chi connectivity index (χ4v) is 1.65. The van der Waals surface area contributed by atoms with Gasteiger partial charge in [-0.25, -0.2) is 0 Å². The van der Waals surface area contributed by atoms with Crippen LogP contribution in [-0.2, 0) is 14.3 Å². The summed E-state index contributed by atoms with van der Waals surface area (Å²) in [6, 6.07) is -0.0821. The van der Waals surface area contributed by atoms with Crippen LogP contribution in [0.4, 0.5) is 0 Å². The molecule has 1 unspecified atom stereocenters. The summed E-state index contributed by atoms with van der Waals surface area (Å²) in [7, 11) is 1.30. The quantitative estimate of drug-likeness (QED) is 0.705. The van der Waals surface area contributed by atoms with Gasteiger partial charge >= 0.3 is 5.97 Å². The lowest BCUT2D eigenvalue weighted by atomic mass is 9.95. The van der Waals surface area contributed by atoms with Crippen molar-refractivity contribution in [3.05, 3.63) is 0 Å². The van der Waals surface area contributed by atoms with Gasteiger partial charge < -0.3 is 15.4 Å². The van der Waals surface area contributed by atoms with Crippen LogP contribution in [0, 0.1) is 0 Å². The number of esters is 1. The topological polar surface area (TPSA) is 72.6 Å². The molecule has 0 spiro atoms. The van der Waals surface area contributed by atoms with Gasteiger partial charge in [-0.15, -0.1) is 0 Å². The maximum atomic E-state index is 12.2. The minimum absolute atomic E-state index is 0.0521. The van der Waals surface area contributed by atoms with Gasteiger partial charge in [0.05, 0.1) is 12.6 Å². The Morgan fingerprint density at radius 1 is 1.41 bits per heavy atom. The van der Waals surface area contributed by atoms with E-state index in [2.05, 4.69) is 4.74 Å². The van der Waals surface area contributed by atoms with Gasteiger partial charge in [-0.3, -0.25) is 9.59 Å². The lowest BCUT2D eigenvalue weighted by Gasteiger charge is -2.33. The predicted octanol–water partition coefficient (Wildman–Crippen LogP) is 0.914. The van der Waals surface area contributed by atoms with Gasteiger partial charge in [0.1, 0.15) is 6.54 Å². The molecule has 0 aliphatic rings. The van der Waals surface area contributed by atoms with E-state index < -0.39 is 11.5 Å². The van der Waals surface area contributed by atoms with Crippen LogP contribution in [0.1, 0.15) is 40.5 Å². The summed E-state index contributed by atoms with van der Waals surface area (Å²) in [4.78, 5) is 25.0. The highest BCUT2D eigenvalue weighted by molar-refractivity contribution is 5.88. The zero-order valence-corrected chi connectivity index (χ0v) is 11.4. The van der Waals surface area contributed by atoms with E-state index in [-0.39, 0.29) is 18.5 Å². The molecule has 0 saturated carbocycles. The van der Waals surface area contributed by atoms with Gasteiger partial charge in [-0.2, -0.15) is 0 Å². The highest BCUT2D eigenvalue weighted by Gasteiger charge is 2.34. The van der Waals surface area contributed by atoms with Crippen molar-refractivity contribution in [2.45, 2.75) is 52.1 Å². The molecule has 0 aliphatic heterocycles. The van der Waals surface area contributed by atoms with Gasteiger partial charge in [-0.05, 0) is 27.2 Å². The second kappa shape index (κ2) is 6.59. The van der Waals surface area contributed by atoms with Crippen molar-refractivity contribution in [2.24, 2.45) is 5.73 Å². The van der Waals surface area contributed by atoms with Crippen molar-refractivity contribution in [2.75, 3.05) is 13.7 Å². The monoisotopic (exact) mass is 244 g/mol. The number of rotatable bonds is 6. The van der Waals surface area contributed by atoms with Crippen molar-refractivity contribution in [3.8, 4) is 0 Å². The van der Waals surface area contributed by atoms with Crippen LogP contribution in [0.2, 0.25) is 0 Å². The highest BCUT2D eigenvalue weighted by atomic mass is 16.5. The number of nitrogens with zero attached hydrogens (tertiary/aromatic N) is 1. The zero-order valence-electron chi connectivity index (χ0n) is 11.4. The molecule has 2 N–H and O–H groups in total. The van der Waals surface area contributed by atoms with Crippen molar-refractivity contribution < 1.29 is 14.3 Å². The van der Waals surface area contributed by atoms with Crippen molar-refractivity contribution in [1.82, 2.24) is 4.90 Å². The third kappa shape index (κ3) is 4.73. The largest absolute Gasteiger partial charge is 0.468 e. The molecule has 0 saturated heterocycles. The zero-order chi connectivity index (χ0) is 13.6. The van der Waals surface area contributed by atoms with Crippen molar-refractivity contribution in [1.29, 1.82) is 0 Å². The molecule has 5 nitrogen and oxygen atoms in total. The fraction of sp³-hybridized carbons (Fsp3) is 0.833. The van der Waals surface area contributed by atoms with E-state index >= 15 is 0 Å². The van der Waals surface area contributed by atoms with Gasteiger partial charge in [-0.1, -0.05) is 13.3 Å². The summed E-state index contributed by atoms with van der Waals surface area (Å²) in [5.41, 5.74) is 5.06. The Morgan fingerprint density at radius 2 is 1.94 bits per heavy atom. The second-order valence-electron chi connectivity index (χ2n) is 4.77. The molecule has 0 aromatic carbocycles. The molecule has 0 heterocycles. The van der Waals surface area contributed by atoms with E-state index in [1.807, 2.05) is 20.8 Å².